The van der Waals surface area contributed by atoms with Gasteiger partial charge in [-0.05, 0) is 53.7 Å². The third kappa shape index (κ3) is 4.60. The number of hydrogen-bond donors (Lipinski definition) is 0. The van der Waals surface area contributed by atoms with Crippen molar-refractivity contribution >= 4 is 17.3 Å². The summed E-state index contributed by atoms with van der Waals surface area (Å²) in [5, 5.41) is 0. The Hall–Kier alpha value is -4.06. The van der Waals surface area contributed by atoms with Gasteiger partial charge in [0.25, 0.3) is 5.89 Å². The van der Waals surface area contributed by atoms with Gasteiger partial charge in [0.2, 0.25) is 5.78 Å². The van der Waals surface area contributed by atoms with Crippen LogP contribution in [0.1, 0.15) is 44.3 Å². The van der Waals surface area contributed by atoms with E-state index in [9.17, 15) is 9.59 Å². The lowest BCUT2D eigenvalue weighted by Crippen LogP contribution is -2.23. The average Bonchev–Trinajstić information content (AvgIpc) is 3.36. The number of nitrogens with zero attached hydrogens (tertiary/aromatic N) is 2. The quantitative estimate of drug-likeness (QED) is 0.283. The molecule has 4 rings (SSSR count). The zero-order valence-electron chi connectivity index (χ0n) is 18.4. The third-order valence-corrected chi connectivity index (χ3v) is 5.77. The lowest BCUT2D eigenvalue weighted by molar-refractivity contribution is 0.0594. The summed E-state index contributed by atoms with van der Waals surface area (Å²) in [5.74, 6) is -0.485. The molecule has 1 unspecified atom stereocenters. The van der Waals surface area contributed by atoms with Crippen LogP contribution in [0.3, 0.4) is 0 Å². The van der Waals surface area contributed by atoms with Crippen molar-refractivity contribution in [1.29, 1.82) is 0 Å². The minimum absolute atomic E-state index is 0.0585. The van der Waals surface area contributed by atoms with E-state index in [1.54, 1.807) is 24.3 Å². The van der Waals surface area contributed by atoms with E-state index in [4.69, 9.17) is 9.15 Å². The summed E-state index contributed by atoms with van der Waals surface area (Å²) >= 11 is 0. The fourth-order valence-electron chi connectivity index (χ4n) is 4.04. The summed E-state index contributed by atoms with van der Waals surface area (Å²) in [6.45, 7) is 7.63. The van der Waals surface area contributed by atoms with Crippen molar-refractivity contribution in [3.8, 4) is 11.5 Å². The maximum atomic E-state index is 13.1. The van der Waals surface area contributed by atoms with Crippen molar-refractivity contribution in [2.45, 2.75) is 19.3 Å². The summed E-state index contributed by atoms with van der Waals surface area (Å²) in [4.78, 5) is 33.2. The predicted molar refractivity (Wildman–Crippen MR) is 126 cm³/mol. The van der Waals surface area contributed by atoms with Crippen molar-refractivity contribution in [2.75, 3.05) is 7.11 Å². The van der Waals surface area contributed by atoms with Crippen LogP contribution in [0.25, 0.3) is 17.0 Å². The molecule has 2 aromatic heterocycles. The number of pyridine rings is 1. The number of rotatable bonds is 7. The van der Waals surface area contributed by atoms with Gasteiger partial charge in [-0.1, -0.05) is 55.7 Å². The van der Waals surface area contributed by atoms with Crippen LogP contribution in [-0.2, 0) is 17.6 Å². The number of oxazole rings is 1. The van der Waals surface area contributed by atoms with E-state index >= 15 is 0 Å². The van der Waals surface area contributed by atoms with Gasteiger partial charge in [-0.15, -0.1) is 0 Å². The first-order valence-electron chi connectivity index (χ1n) is 10.7. The second kappa shape index (κ2) is 9.61. The first-order chi connectivity index (χ1) is 16.0. The number of allylic oxidation sites excluding steroid dienone is 4. The Morgan fingerprint density at radius 2 is 2.03 bits per heavy atom. The SMILES string of the molecule is C=C/C=C(\C=C)c1ccc2c(c1)CCC(C(=O)c1ncc(-c3cccc(C(=O)OC)n3)o1)C2. The Labute approximate surface area is 192 Å². The number of aryl methyl sites for hydroxylation is 1. The molecule has 0 saturated carbocycles. The summed E-state index contributed by atoms with van der Waals surface area (Å²) in [6, 6.07) is 11.2. The third-order valence-electron chi connectivity index (χ3n) is 5.77. The first-order valence-corrected chi connectivity index (χ1v) is 10.7. The lowest BCUT2D eigenvalue weighted by atomic mass is 9.80. The number of hydrogen-bond acceptors (Lipinski definition) is 6. The van der Waals surface area contributed by atoms with E-state index in [0.29, 0.717) is 17.9 Å². The van der Waals surface area contributed by atoms with Gasteiger partial charge >= 0.3 is 5.97 Å². The van der Waals surface area contributed by atoms with Gasteiger partial charge in [0.1, 0.15) is 11.4 Å². The second-order valence-electron chi connectivity index (χ2n) is 7.78. The summed E-state index contributed by atoms with van der Waals surface area (Å²) in [6.07, 6.45) is 9.11. The molecular weight excluding hydrogens is 416 g/mol. The molecule has 1 aliphatic carbocycles. The highest BCUT2D eigenvalue weighted by atomic mass is 16.5. The Bertz CT molecular complexity index is 1270. The van der Waals surface area contributed by atoms with Gasteiger partial charge in [0, 0.05) is 5.92 Å². The van der Waals surface area contributed by atoms with E-state index in [1.165, 1.54) is 18.9 Å². The molecule has 0 aliphatic heterocycles. The van der Waals surface area contributed by atoms with Crippen molar-refractivity contribution < 1.29 is 18.7 Å². The van der Waals surface area contributed by atoms with E-state index in [2.05, 4.69) is 35.3 Å². The molecule has 166 valence electrons. The number of ether oxygens (including phenoxy) is 1. The molecule has 0 spiro atoms. The monoisotopic (exact) mass is 440 g/mol. The van der Waals surface area contributed by atoms with Crippen LogP contribution >= 0.6 is 0 Å². The zero-order valence-corrected chi connectivity index (χ0v) is 18.4. The van der Waals surface area contributed by atoms with E-state index < -0.39 is 5.97 Å². The zero-order chi connectivity index (χ0) is 23.4. The number of carbonyl (C=O) groups excluding carboxylic acids is 2. The molecule has 33 heavy (non-hydrogen) atoms. The topological polar surface area (TPSA) is 82.3 Å². The number of benzene rings is 1. The smallest absolute Gasteiger partial charge is 0.356 e. The van der Waals surface area contributed by atoms with E-state index in [1.807, 2.05) is 18.2 Å². The lowest BCUT2D eigenvalue weighted by Gasteiger charge is -2.23. The Balaban J connectivity index is 1.51. The normalized spacial score (nSPS) is 15.4. The van der Waals surface area contributed by atoms with E-state index in [-0.39, 0.29) is 23.3 Å². The van der Waals surface area contributed by atoms with Crippen molar-refractivity contribution in [2.24, 2.45) is 5.92 Å². The van der Waals surface area contributed by atoms with Crippen LogP contribution < -0.4 is 0 Å². The van der Waals surface area contributed by atoms with Crippen LogP contribution in [-0.4, -0.2) is 28.8 Å². The molecular formula is C27H24N2O4. The van der Waals surface area contributed by atoms with Gasteiger partial charge in [-0.25, -0.2) is 14.8 Å². The molecule has 0 bridgehead atoms. The number of aromatic nitrogens is 2. The number of fused-ring (bicyclic) bond motifs is 1. The number of methoxy groups -OCH3 is 1. The average molecular weight is 440 g/mol. The van der Waals surface area contributed by atoms with Crippen LogP contribution in [0.15, 0.2) is 78.4 Å². The van der Waals surface area contributed by atoms with Crippen molar-refractivity contribution in [1.82, 2.24) is 9.97 Å². The molecule has 2 heterocycles. The Morgan fingerprint density at radius 3 is 2.79 bits per heavy atom. The molecule has 0 radical (unpaired) electrons. The predicted octanol–water partition coefficient (Wildman–Crippen LogP) is 5.27. The Morgan fingerprint density at radius 1 is 1.18 bits per heavy atom. The summed E-state index contributed by atoms with van der Waals surface area (Å²) in [5.41, 5.74) is 5.08. The van der Waals surface area contributed by atoms with Crippen LogP contribution in [0.5, 0.6) is 0 Å². The molecule has 6 nitrogen and oxygen atoms in total. The molecule has 1 atom stereocenters. The highest BCUT2D eigenvalue weighted by Crippen LogP contribution is 2.31. The summed E-state index contributed by atoms with van der Waals surface area (Å²) < 4.78 is 10.4. The van der Waals surface area contributed by atoms with Gasteiger partial charge in [0.05, 0.1) is 13.3 Å². The van der Waals surface area contributed by atoms with Crippen molar-refractivity contribution in [3.63, 3.8) is 0 Å². The molecule has 0 amide bonds. The van der Waals surface area contributed by atoms with Gasteiger partial charge < -0.3 is 9.15 Å². The minimum Gasteiger partial charge on any atom is -0.464 e. The van der Waals surface area contributed by atoms with Gasteiger partial charge in [0.15, 0.2) is 5.76 Å². The highest BCUT2D eigenvalue weighted by molar-refractivity contribution is 5.94. The fraction of sp³-hybridized carbons (Fsp3) is 0.185. The van der Waals surface area contributed by atoms with Crippen LogP contribution in [0.4, 0.5) is 0 Å². The number of ketones is 1. The fourth-order valence-corrected chi connectivity index (χ4v) is 4.04. The minimum atomic E-state index is -0.545. The second-order valence-corrected chi connectivity index (χ2v) is 7.78. The standard InChI is InChI=1S/C27H24N2O4/c1-4-7-17(5-2)18-10-11-20-15-21(13-12-19(20)14-18)25(30)26-28-16-24(33-26)22-8-6-9-23(29-22)27(31)32-3/h4-11,14,16,21H,1-2,12-13,15H2,3H3/b17-7+. The van der Waals surface area contributed by atoms with Crippen LogP contribution in [0.2, 0.25) is 0 Å². The summed E-state index contributed by atoms with van der Waals surface area (Å²) in [7, 11) is 1.29. The van der Waals surface area contributed by atoms with Crippen LogP contribution in [0, 0.1) is 5.92 Å². The maximum Gasteiger partial charge on any atom is 0.356 e. The highest BCUT2D eigenvalue weighted by Gasteiger charge is 2.29. The number of carbonyl (C=O) groups is 2. The molecule has 0 fully saturated rings. The van der Waals surface area contributed by atoms with Gasteiger partial charge in [-0.2, -0.15) is 0 Å². The van der Waals surface area contributed by atoms with Crippen molar-refractivity contribution in [3.05, 3.63) is 102 Å². The molecule has 6 heteroatoms. The van der Waals surface area contributed by atoms with Gasteiger partial charge in [-0.3, -0.25) is 4.79 Å². The number of esters is 1. The molecule has 0 saturated heterocycles. The molecule has 3 aromatic rings. The Kier molecular flexibility index (Phi) is 6.45. The molecule has 0 N–H and O–H groups in total. The largest absolute Gasteiger partial charge is 0.464 e. The first kappa shape index (κ1) is 22.1. The molecule has 1 aliphatic rings. The van der Waals surface area contributed by atoms with E-state index in [0.717, 1.165) is 29.5 Å². The number of Topliss-reactive ketones (excluding diaryl/α,β-unsaturated/α-hetero) is 1. The molecule has 1 aromatic carbocycles. The maximum absolute atomic E-state index is 13.1.